The van der Waals surface area contributed by atoms with E-state index in [1.54, 1.807) is 11.8 Å². The number of benzene rings is 1. The molecule has 5 nitrogen and oxygen atoms in total. The van der Waals surface area contributed by atoms with E-state index >= 15 is 0 Å². The molecular weight excluding hydrogens is 382 g/mol. The minimum absolute atomic E-state index is 0.0505. The number of amides is 1. The summed E-state index contributed by atoms with van der Waals surface area (Å²) in [4.78, 5) is 16.4. The Bertz CT molecular complexity index is 729. The summed E-state index contributed by atoms with van der Waals surface area (Å²) in [5.74, 6) is 1.90. The quantitative estimate of drug-likeness (QED) is 0.758. The summed E-state index contributed by atoms with van der Waals surface area (Å²) in [7, 11) is 0. The number of rotatable bonds is 6. The van der Waals surface area contributed by atoms with Gasteiger partial charge in [0.1, 0.15) is 11.4 Å². The molecule has 7 heteroatoms. The molecule has 27 heavy (non-hydrogen) atoms. The largest absolute Gasteiger partial charge is 0.378 e. The molecule has 1 fully saturated rings. The number of nitrogens with zero attached hydrogens (tertiary/aromatic N) is 1. The molecule has 2 aliphatic rings. The third kappa shape index (κ3) is 5.21. The number of hydrogen-bond donors (Lipinski definition) is 2. The predicted octanol–water partition coefficient (Wildman–Crippen LogP) is 3.13. The molecule has 0 aromatic heterocycles. The first-order chi connectivity index (χ1) is 13.0. The van der Waals surface area contributed by atoms with Crippen molar-refractivity contribution < 1.29 is 9.53 Å². The normalized spacial score (nSPS) is 22.6. The van der Waals surface area contributed by atoms with Crippen LogP contribution < -0.4 is 10.6 Å². The second-order valence-corrected chi connectivity index (χ2v) is 8.52. The molecule has 1 aromatic rings. The third-order valence-electron chi connectivity index (χ3n) is 4.60. The number of halogens is 1. The molecule has 2 aliphatic heterocycles. The highest BCUT2D eigenvalue weighted by Gasteiger charge is 2.35. The Labute approximate surface area is 170 Å². The number of nitrogens with one attached hydrogen (secondary N) is 2. The van der Waals surface area contributed by atoms with Crippen LogP contribution in [0.15, 0.2) is 47.1 Å². The van der Waals surface area contributed by atoms with E-state index in [4.69, 9.17) is 16.3 Å². The summed E-state index contributed by atoms with van der Waals surface area (Å²) >= 11 is 7.67. The lowest BCUT2D eigenvalue weighted by molar-refractivity contribution is -0.125. The van der Waals surface area contributed by atoms with Crippen LogP contribution in [0.1, 0.15) is 19.4 Å². The Hall–Kier alpha value is -1.63. The molecule has 0 saturated carbocycles. The van der Waals surface area contributed by atoms with Crippen molar-refractivity contribution in [2.45, 2.75) is 25.9 Å². The average Bonchev–Trinajstić information content (AvgIpc) is 2.68. The number of morpholine rings is 1. The Morgan fingerprint density at radius 2 is 2.04 bits per heavy atom. The highest BCUT2D eigenvalue weighted by atomic mass is 35.5. The number of carbonyl (C=O) groups is 1. The summed E-state index contributed by atoms with van der Waals surface area (Å²) < 4.78 is 5.46. The van der Waals surface area contributed by atoms with E-state index in [0.717, 1.165) is 35.1 Å². The Morgan fingerprint density at radius 1 is 1.33 bits per heavy atom. The van der Waals surface area contributed by atoms with E-state index in [9.17, 15) is 4.79 Å². The molecule has 0 radical (unpaired) electrons. The van der Waals surface area contributed by atoms with Crippen molar-refractivity contribution in [3.8, 4) is 0 Å². The van der Waals surface area contributed by atoms with E-state index in [1.807, 2.05) is 37.3 Å². The molecule has 0 aliphatic carbocycles. The van der Waals surface area contributed by atoms with E-state index < -0.39 is 5.54 Å². The van der Waals surface area contributed by atoms with E-state index in [-0.39, 0.29) is 5.91 Å². The van der Waals surface area contributed by atoms with E-state index in [0.29, 0.717) is 24.8 Å². The van der Waals surface area contributed by atoms with Gasteiger partial charge in [0.2, 0.25) is 5.91 Å². The van der Waals surface area contributed by atoms with Gasteiger partial charge in [0, 0.05) is 29.6 Å². The summed E-state index contributed by atoms with van der Waals surface area (Å²) in [5, 5.41) is 7.18. The van der Waals surface area contributed by atoms with Gasteiger partial charge in [-0.3, -0.25) is 4.79 Å². The number of thioether (sulfide) groups is 1. The van der Waals surface area contributed by atoms with Crippen molar-refractivity contribution in [3.05, 3.63) is 57.7 Å². The van der Waals surface area contributed by atoms with Gasteiger partial charge in [-0.15, -0.1) is 11.8 Å². The van der Waals surface area contributed by atoms with Crippen LogP contribution in [0.4, 0.5) is 0 Å². The highest BCUT2D eigenvalue weighted by molar-refractivity contribution is 8.03. The van der Waals surface area contributed by atoms with Crippen LogP contribution in [0.25, 0.3) is 0 Å². The molecular formula is C20H26ClN3O2S. The zero-order valence-electron chi connectivity index (χ0n) is 15.8. The van der Waals surface area contributed by atoms with E-state index in [1.165, 1.54) is 0 Å². The van der Waals surface area contributed by atoms with Crippen LogP contribution in [0.2, 0.25) is 5.02 Å². The van der Waals surface area contributed by atoms with Gasteiger partial charge in [0.15, 0.2) is 0 Å². The number of dihydropyridines is 1. The molecule has 2 heterocycles. The molecule has 3 rings (SSSR count). The Kier molecular flexibility index (Phi) is 6.73. The average molecular weight is 408 g/mol. The summed E-state index contributed by atoms with van der Waals surface area (Å²) in [6.07, 6.45) is 4.15. The van der Waals surface area contributed by atoms with Gasteiger partial charge < -0.3 is 20.3 Å². The zero-order chi connectivity index (χ0) is 19.3. The molecule has 0 spiro atoms. The van der Waals surface area contributed by atoms with Gasteiger partial charge in [-0.2, -0.15) is 0 Å². The fourth-order valence-corrected chi connectivity index (χ4v) is 4.09. The predicted molar refractivity (Wildman–Crippen MR) is 112 cm³/mol. The van der Waals surface area contributed by atoms with Crippen LogP contribution in [-0.2, 0) is 16.1 Å². The smallest absolute Gasteiger partial charge is 0.249 e. The van der Waals surface area contributed by atoms with E-state index in [2.05, 4.69) is 28.5 Å². The zero-order valence-corrected chi connectivity index (χ0v) is 17.3. The number of allylic oxidation sites excluding steroid dienone is 1. The molecule has 1 saturated heterocycles. The van der Waals surface area contributed by atoms with Crippen molar-refractivity contribution in [3.63, 3.8) is 0 Å². The van der Waals surface area contributed by atoms with Crippen molar-refractivity contribution in [2.75, 3.05) is 32.1 Å². The fourth-order valence-electron chi connectivity index (χ4n) is 3.11. The molecule has 1 atom stereocenters. The Morgan fingerprint density at radius 3 is 2.70 bits per heavy atom. The van der Waals surface area contributed by atoms with Crippen molar-refractivity contribution in [1.82, 2.24) is 15.5 Å². The first-order valence-corrected chi connectivity index (χ1v) is 10.6. The number of ether oxygens (including phenoxy) is 1. The van der Waals surface area contributed by atoms with Gasteiger partial charge in [-0.1, -0.05) is 30.7 Å². The van der Waals surface area contributed by atoms with Gasteiger partial charge in [-0.25, -0.2) is 0 Å². The van der Waals surface area contributed by atoms with Gasteiger partial charge in [0.05, 0.1) is 13.2 Å². The SMILES string of the molecule is CCSC1=CC(C)(C(=O)NCc2ccc(Cl)cc2)NC(N2CCOCC2)=C1. The lowest BCUT2D eigenvalue weighted by Crippen LogP contribution is -2.57. The molecule has 2 N–H and O–H groups in total. The molecule has 1 aromatic carbocycles. The fraction of sp³-hybridized carbons (Fsp3) is 0.450. The van der Waals surface area contributed by atoms with Crippen LogP contribution in [-0.4, -0.2) is 48.4 Å². The maximum Gasteiger partial charge on any atom is 0.249 e. The van der Waals surface area contributed by atoms with Crippen molar-refractivity contribution in [2.24, 2.45) is 0 Å². The van der Waals surface area contributed by atoms with Crippen LogP contribution in [0.5, 0.6) is 0 Å². The number of hydrogen-bond acceptors (Lipinski definition) is 5. The van der Waals surface area contributed by atoms with Crippen LogP contribution >= 0.6 is 23.4 Å². The lowest BCUT2D eigenvalue weighted by atomic mass is 9.97. The minimum atomic E-state index is -0.799. The van der Waals surface area contributed by atoms with Crippen molar-refractivity contribution >= 4 is 29.3 Å². The molecule has 1 amide bonds. The van der Waals surface area contributed by atoms with Crippen molar-refractivity contribution in [1.29, 1.82) is 0 Å². The van der Waals surface area contributed by atoms with Gasteiger partial charge >= 0.3 is 0 Å². The highest BCUT2D eigenvalue weighted by Crippen LogP contribution is 2.28. The molecule has 1 unspecified atom stereocenters. The molecule has 0 bridgehead atoms. The molecule has 146 valence electrons. The maximum atomic E-state index is 13.0. The first-order valence-electron chi connectivity index (χ1n) is 9.21. The summed E-state index contributed by atoms with van der Waals surface area (Å²) in [6.45, 7) is 7.57. The minimum Gasteiger partial charge on any atom is -0.378 e. The second kappa shape index (κ2) is 9.04. The third-order valence-corrected chi connectivity index (χ3v) is 5.71. The summed E-state index contributed by atoms with van der Waals surface area (Å²) in [5.41, 5.74) is 0.218. The monoisotopic (exact) mass is 407 g/mol. The number of carbonyl (C=O) groups excluding carboxylic acids is 1. The van der Waals surface area contributed by atoms with Gasteiger partial charge in [0.25, 0.3) is 0 Å². The standard InChI is InChI=1S/C20H26ClN3O2S/c1-3-27-17-12-18(24-8-10-26-11-9-24)23-20(2,13-17)19(25)22-14-15-4-6-16(21)7-5-15/h4-7,12-13,23H,3,8-11,14H2,1-2H3,(H,22,25). The first kappa shape index (κ1) is 20.1. The lowest BCUT2D eigenvalue weighted by Gasteiger charge is -2.39. The summed E-state index contributed by atoms with van der Waals surface area (Å²) in [6, 6.07) is 7.51. The topological polar surface area (TPSA) is 53.6 Å². The van der Waals surface area contributed by atoms with Gasteiger partial charge in [-0.05, 0) is 42.5 Å². The maximum absolute atomic E-state index is 13.0. The van der Waals surface area contributed by atoms with Crippen LogP contribution in [0.3, 0.4) is 0 Å². The second-order valence-electron chi connectivity index (χ2n) is 6.75. The Balaban J connectivity index is 1.72. The van der Waals surface area contributed by atoms with Crippen LogP contribution in [0, 0.1) is 0 Å².